The molecule has 2 aromatic carbocycles. The number of ether oxygens (including phenoxy) is 2. The molecule has 1 fully saturated rings. The highest BCUT2D eigenvalue weighted by atomic mass is 79.9. The van der Waals surface area contributed by atoms with Gasteiger partial charge in [0.05, 0.1) is 24.2 Å². The number of halogens is 1. The van der Waals surface area contributed by atoms with Gasteiger partial charge in [0.25, 0.3) is 5.56 Å². The Labute approximate surface area is 205 Å². The van der Waals surface area contributed by atoms with E-state index in [0.717, 1.165) is 25.7 Å². The molecule has 0 aliphatic heterocycles. The predicted molar refractivity (Wildman–Crippen MR) is 133 cm³/mol. The second-order valence-corrected chi connectivity index (χ2v) is 9.16. The van der Waals surface area contributed by atoms with E-state index in [0.29, 0.717) is 32.5 Å². The van der Waals surface area contributed by atoms with E-state index in [2.05, 4.69) is 21.0 Å². The zero-order chi connectivity index (χ0) is 24.2. The third-order valence-electron chi connectivity index (χ3n) is 6.00. The van der Waals surface area contributed by atoms with Gasteiger partial charge >= 0.3 is 5.97 Å². The molecule has 9 heteroatoms. The summed E-state index contributed by atoms with van der Waals surface area (Å²) in [5, 5.41) is 14.2. The first-order valence-corrected chi connectivity index (χ1v) is 12.0. The molecule has 1 N–H and O–H groups in total. The van der Waals surface area contributed by atoms with Gasteiger partial charge in [0.1, 0.15) is 5.82 Å². The number of methoxy groups -OCH3 is 1. The number of benzene rings is 2. The number of fused-ring (bicyclic) bond motifs is 1. The average molecular weight is 528 g/mol. The SMILES string of the molecule is COc1cc(C=Nn2c(C3CCCCC3)nc3ccccc3c2=O)c(Br)cc1O[C@H](C)C(=O)O. The molecule has 1 saturated carbocycles. The Kier molecular flexibility index (Phi) is 7.31. The number of carbonyl (C=O) groups is 1. The van der Waals surface area contributed by atoms with E-state index in [1.807, 2.05) is 18.2 Å². The summed E-state index contributed by atoms with van der Waals surface area (Å²) in [6, 6.07) is 10.6. The highest BCUT2D eigenvalue weighted by Crippen LogP contribution is 2.34. The van der Waals surface area contributed by atoms with Crippen molar-refractivity contribution >= 4 is 39.0 Å². The number of carboxylic acids is 1. The maximum absolute atomic E-state index is 13.4. The number of rotatable bonds is 7. The fourth-order valence-corrected chi connectivity index (χ4v) is 4.56. The molecule has 1 aliphatic carbocycles. The van der Waals surface area contributed by atoms with Crippen molar-refractivity contribution in [3.63, 3.8) is 0 Å². The molecule has 0 saturated heterocycles. The third-order valence-corrected chi connectivity index (χ3v) is 6.68. The van der Waals surface area contributed by atoms with Gasteiger partial charge in [-0.2, -0.15) is 9.78 Å². The minimum Gasteiger partial charge on any atom is -0.493 e. The van der Waals surface area contributed by atoms with E-state index >= 15 is 0 Å². The van der Waals surface area contributed by atoms with Gasteiger partial charge in [-0.25, -0.2) is 9.78 Å². The molecular formula is C25H26BrN3O5. The first-order chi connectivity index (χ1) is 16.4. The molecule has 1 aliphatic rings. The van der Waals surface area contributed by atoms with Crippen LogP contribution in [-0.4, -0.2) is 40.2 Å². The minimum atomic E-state index is -1.08. The second-order valence-electron chi connectivity index (χ2n) is 8.31. The Morgan fingerprint density at radius 1 is 1.24 bits per heavy atom. The molecule has 0 spiro atoms. The van der Waals surface area contributed by atoms with Crippen molar-refractivity contribution in [3.05, 3.63) is 62.6 Å². The van der Waals surface area contributed by atoms with Gasteiger partial charge in [-0.1, -0.05) is 31.4 Å². The van der Waals surface area contributed by atoms with Gasteiger partial charge in [0, 0.05) is 16.0 Å². The number of carboxylic acid groups (broad SMARTS) is 1. The number of hydrogen-bond donors (Lipinski definition) is 1. The zero-order valence-electron chi connectivity index (χ0n) is 19.0. The molecular weight excluding hydrogens is 502 g/mol. The van der Waals surface area contributed by atoms with Crippen LogP contribution in [0.1, 0.15) is 56.3 Å². The molecule has 178 valence electrons. The average Bonchev–Trinajstić information content (AvgIpc) is 2.84. The van der Waals surface area contributed by atoms with Gasteiger partial charge < -0.3 is 14.6 Å². The van der Waals surface area contributed by atoms with Crippen LogP contribution in [0.2, 0.25) is 0 Å². The molecule has 1 atom stereocenters. The molecule has 4 rings (SSSR count). The van der Waals surface area contributed by atoms with Crippen molar-refractivity contribution in [1.82, 2.24) is 9.66 Å². The Hall–Kier alpha value is -3.20. The molecule has 0 amide bonds. The van der Waals surface area contributed by atoms with Crippen LogP contribution in [0, 0.1) is 0 Å². The largest absolute Gasteiger partial charge is 0.493 e. The van der Waals surface area contributed by atoms with E-state index in [-0.39, 0.29) is 17.2 Å². The number of aliphatic carboxylic acids is 1. The maximum Gasteiger partial charge on any atom is 0.344 e. The lowest BCUT2D eigenvalue weighted by Crippen LogP contribution is -2.25. The standard InChI is InChI=1S/C25H26BrN3O5/c1-15(25(31)32)34-22-13-19(26)17(12-21(22)33-2)14-27-29-23(16-8-4-3-5-9-16)28-20-11-7-6-10-18(20)24(29)30/h6-7,10-16H,3-5,8-9H2,1-2H3,(H,31,32)/t15-/m1/s1. The van der Waals surface area contributed by atoms with E-state index in [4.69, 9.17) is 19.6 Å². The number of aromatic nitrogens is 2. The Morgan fingerprint density at radius 2 is 1.97 bits per heavy atom. The van der Waals surface area contributed by atoms with E-state index in [1.54, 1.807) is 24.4 Å². The highest BCUT2D eigenvalue weighted by Gasteiger charge is 2.22. The first kappa shape index (κ1) is 23.9. The van der Waals surface area contributed by atoms with Crippen LogP contribution in [0.3, 0.4) is 0 Å². The van der Waals surface area contributed by atoms with Gasteiger partial charge in [-0.05, 0) is 60.0 Å². The predicted octanol–water partition coefficient (Wildman–Crippen LogP) is 4.95. The first-order valence-electron chi connectivity index (χ1n) is 11.2. The van der Waals surface area contributed by atoms with Crippen molar-refractivity contribution in [2.24, 2.45) is 5.10 Å². The van der Waals surface area contributed by atoms with E-state index < -0.39 is 12.1 Å². The van der Waals surface area contributed by atoms with Crippen LogP contribution >= 0.6 is 15.9 Å². The van der Waals surface area contributed by atoms with Crippen molar-refractivity contribution in [2.45, 2.75) is 51.0 Å². The maximum atomic E-state index is 13.4. The van der Waals surface area contributed by atoms with Crippen LogP contribution in [0.25, 0.3) is 10.9 Å². The van der Waals surface area contributed by atoms with Crippen LogP contribution in [-0.2, 0) is 4.79 Å². The van der Waals surface area contributed by atoms with Gasteiger partial charge in [0.15, 0.2) is 17.6 Å². The molecule has 0 radical (unpaired) electrons. The summed E-state index contributed by atoms with van der Waals surface area (Å²) in [5.74, 6) is 0.415. The van der Waals surface area contributed by atoms with E-state index in [1.165, 1.54) is 25.1 Å². The van der Waals surface area contributed by atoms with Crippen LogP contribution in [0.15, 0.2) is 50.8 Å². The molecule has 0 unspecified atom stereocenters. The lowest BCUT2D eigenvalue weighted by Gasteiger charge is -2.22. The summed E-state index contributed by atoms with van der Waals surface area (Å²) in [6.45, 7) is 1.44. The molecule has 0 bridgehead atoms. The number of hydrogen-bond acceptors (Lipinski definition) is 6. The fraction of sp³-hybridized carbons (Fsp3) is 0.360. The second kappa shape index (κ2) is 10.4. The Morgan fingerprint density at radius 3 is 2.68 bits per heavy atom. The monoisotopic (exact) mass is 527 g/mol. The molecule has 1 heterocycles. The highest BCUT2D eigenvalue weighted by molar-refractivity contribution is 9.10. The van der Waals surface area contributed by atoms with E-state index in [9.17, 15) is 9.59 Å². The van der Waals surface area contributed by atoms with Crippen molar-refractivity contribution in [2.75, 3.05) is 7.11 Å². The van der Waals surface area contributed by atoms with Crippen molar-refractivity contribution < 1.29 is 19.4 Å². The molecule has 8 nitrogen and oxygen atoms in total. The molecule has 34 heavy (non-hydrogen) atoms. The quantitative estimate of drug-likeness (QED) is 0.436. The van der Waals surface area contributed by atoms with Gasteiger partial charge in [-0.3, -0.25) is 4.79 Å². The van der Waals surface area contributed by atoms with Gasteiger partial charge in [-0.15, -0.1) is 0 Å². The zero-order valence-corrected chi connectivity index (χ0v) is 20.6. The van der Waals surface area contributed by atoms with Crippen molar-refractivity contribution in [1.29, 1.82) is 0 Å². The normalized spacial score (nSPS) is 15.5. The topological polar surface area (TPSA) is 103 Å². The molecule has 3 aromatic rings. The summed E-state index contributed by atoms with van der Waals surface area (Å²) in [5.41, 5.74) is 1.11. The van der Waals surface area contributed by atoms with Crippen LogP contribution in [0.4, 0.5) is 0 Å². The molecule has 1 aromatic heterocycles. The van der Waals surface area contributed by atoms with Crippen molar-refractivity contribution in [3.8, 4) is 11.5 Å². The number of nitrogens with zero attached hydrogens (tertiary/aromatic N) is 3. The summed E-state index contributed by atoms with van der Waals surface area (Å²) in [6.07, 6.45) is 5.89. The van der Waals surface area contributed by atoms with Crippen LogP contribution < -0.4 is 15.0 Å². The smallest absolute Gasteiger partial charge is 0.344 e. The Balaban J connectivity index is 1.76. The Bertz CT molecular complexity index is 1300. The fourth-order valence-electron chi connectivity index (χ4n) is 4.14. The summed E-state index contributed by atoms with van der Waals surface area (Å²) < 4.78 is 12.9. The summed E-state index contributed by atoms with van der Waals surface area (Å²) in [7, 11) is 1.47. The minimum absolute atomic E-state index is 0.175. The summed E-state index contributed by atoms with van der Waals surface area (Å²) >= 11 is 3.49. The lowest BCUT2D eigenvalue weighted by molar-refractivity contribution is -0.144. The number of para-hydroxylation sites is 1. The van der Waals surface area contributed by atoms with Crippen LogP contribution in [0.5, 0.6) is 11.5 Å². The summed E-state index contributed by atoms with van der Waals surface area (Å²) in [4.78, 5) is 29.4. The van der Waals surface area contributed by atoms with Gasteiger partial charge in [0.2, 0.25) is 0 Å². The lowest BCUT2D eigenvalue weighted by atomic mass is 9.88. The third kappa shape index (κ3) is 4.99.